The van der Waals surface area contributed by atoms with Crippen molar-refractivity contribution in [3.8, 4) is 0 Å². The number of halogens is 3. The first kappa shape index (κ1) is 22.1. The number of rotatable bonds is 4. The lowest BCUT2D eigenvalue weighted by molar-refractivity contribution is -0.138. The van der Waals surface area contributed by atoms with Crippen molar-refractivity contribution >= 4 is 22.3 Å². The number of benzene rings is 2. The van der Waals surface area contributed by atoms with Gasteiger partial charge < -0.3 is 20.5 Å². The van der Waals surface area contributed by atoms with E-state index in [0.717, 1.165) is 53.7 Å². The van der Waals surface area contributed by atoms with E-state index in [4.69, 9.17) is 5.73 Å². The van der Waals surface area contributed by atoms with Crippen molar-refractivity contribution in [3.05, 3.63) is 77.0 Å². The number of aryl methyl sites for hydroxylation is 1. The minimum absolute atomic E-state index is 0.0871. The molecule has 176 valence electrons. The predicted octanol–water partition coefficient (Wildman–Crippen LogP) is 4.55. The van der Waals surface area contributed by atoms with Crippen LogP contribution in [0.25, 0.3) is 10.8 Å². The highest BCUT2D eigenvalue weighted by molar-refractivity contribution is 5.93. The summed E-state index contributed by atoms with van der Waals surface area (Å²) in [5, 5.41) is 13.0. The van der Waals surface area contributed by atoms with Gasteiger partial charge in [-0.3, -0.25) is 0 Å². The Morgan fingerprint density at radius 3 is 2.71 bits per heavy atom. The van der Waals surface area contributed by atoms with Crippen LogP contribution in [-0.2, 0) is 19.3 Å². The Labute approximate surface area is 194 Å². The number of nitrogens with two attached hydrogens (primary N) is 1. The fourth-order valence-electron chi connectivity index (χ4n) is 4.55. The average Bonchev–Trinajstić information content (AvgIpc) is 3.18. The van der Waals surface area contributed by atoms with Gasteiger partial charge in [0.2, 0.25) is 0 Å². The van der Waals surface area contributed by atoms with Crippen LogP contribution in [0.2, 0.25) is 0 Å². The van der Waals surface area contributed by atoms with E-state index in [1.807, 2.05) is 31.3 Å². The Morgan fingerprint density at radius 1 is 1.09 bits per heavy atom. The van der Waals surface area contributed by atoms with Crippen molar-refractivity contribution in [1.29, 1.82) is 0 Å². The summed E-state index contributed by atoms with van der Waals surface area (Å²) in [5.41, 5.74) is 8.20. The zero-order valence-corrected chi connectivity index (χ0v) is 18.8. The van der Waals surface area contributed by atoms with Crippen molar-refractivity contribution < 1.29 is 13.2 Å². The fourth-order valence-corrected chi connectivity index (χ4v) is 4.55. The number of imidazole rings is 1. The van der Waals surface area contributed by atoms with Gasteiger partial charge in [0.25, 0.3) is 0 Å². The summed E-state index contributed by atoms with van der Waals surface area (Å²) in [6, 6.07) is 10.0. The molecule has 3 heterocycles. The van der Waals surface area contributed by atoms with E-state index in [1.54, 1.807) is 12.3 Å². The molecule has 10 heteroatoms. The quantitative estimate of drug-likeness (QED) is 0.429. The van der Waals surface area contributed by atoms with E-state index < -0.39 is 17.9 Å². The Hall–Kier alpha value is -3.66. The summed E-state index contributed by atoms with van der Waals surface area (Å²) in [5.74, 6) is 1.43. The van der Waals surface area contributed by atoms with Gasteiger partial charge in [0, 0.05) is 29.5 Å². The molecule has 0 fully saturated rings. The van der Waals surface area contributed by atoms with Crippen LogP contribution in [0.15, 0.2) is 48.8 Å². The van der Waals surface area contributed by atoms with Crippen LogP contribution in [0, 0.1) is 13.8 Å². The van der Waals surface area contributed by atoms with Crippen LogP contribution in [0.1, 0.15) is 34.4 Å². The van der Waals surface area contributed by atoms with Gasteiger partial charge in [-0.15, -0.1) is 5.10 Å². The van der Waals surface area contributed by atoms with Gasteiger partial charge in [-0.05, 0) is 43.2 Å². The molecule has 0 spiro atoms. The van der Waals surface area contributed by atoms with E-state index >= 15 is 0 Å². The Bertz CT molecular complexity index is 1360. The van der Waals surface area contributed by atoms with Crippen LogP contribution in [0.4, 0.5) is 24.7 Å². The standard InChI is InChI=1S/C24H24F3N7/c1-14-19(4-3-5-21(14)24(25,26)27)22(28)31-23-20-10-17(7-6-16(20)11-30-32-23)33-8-9-34-15(2)29-12-18(34)13-33/h3-7,10-12,22H,8-9,13,28H2,1-2H3,(H,31,32)/t22-/m0/s1. The molecule has 2 aromatic carbocycles. The highest BCUT2D eigenvalue weighted by atomic mass is 19.4. The van der Waals surface area contributed by atoms with Crippen molar-refractivity contribution in [1.82, 2.24) is 19.7 Å². The molecule has 34 heavy (non-hydrogen) atoms. The van der Waals surface area contributed by atoms with Gasteiger partial charge in [-0.2, -0.15) is 18.3 Å². The molecular formula is C24H24F3N7. The van der Waals surface area contributed by atoms with Gasteiger partial charge in [0.05, 0.1) is 30.2 Å². The number of aromatic nitrogens is 4. The fraction of sp³-hybridized carbons (Fsp3) is 0.292. The molecule has 1 aliphatic rings. The number of hydrogen-bond donors (Lipinski definition) is 2. The van der Waals surface area contributed by atoms with Crippen molar-refractivity contribution in [2.45, 2.75) is 39.3 Å². The molecule has 0 radical (unpaired) electrons. The second-order valence-electron chi connectivity index (χ2n) is 8.47. The molecule has 7 nitrogen and oxygen atoms in total. The van der Waals surface area contributed by atoms with Crippen LogP contribution in [-0.4, -0.2) is 26.3 Å². The molecule has 3 N–H and O–H groups in total. The highest BCUT2D eigenvalue weighted by Crippen LogP contribution is 2.35. The van der Waals surface area contributed by atoms with Gasteiger partial charge in [0.15, 0.2) is 5.82 Å². The molecule has 1 aliphatic heterocycles. The maximum absolute atomic E-state index is 13.3. The van der Waals surface area contributed by atoms with Crippen molar-refractivity contribution in [3.63, 3.8) is 0 Å². The monoisotopic (exact) mass is 467 g/mol. The van der Waals surface area contributed by atoms with E-state index in [0.29, 0.717) is 11.4 Å². The number of nitrogens with zero attached hydrogens (tertiary/aromatic N) is 5. The summed E-state index contributed by atoms with van der Waals surface area (Å²) in [6.07, 6.45) is -1.79. The third-order valence-electron chi connectivity index (χ3n) is 6.40. The van der Waals surface area contributed by atoms with Gasteiger partial charge in [-0.1, -0.05) is 18.2 Å². The van der Waals surface area contributed by atoms with Crippen LogP contribution >= 0.6 is 0 Å². The number of fused-ring (bicyclic) bond motifs is 2. The number of hydrogen-bond acceptors (Lipinski definition) is 6. The van der Waals surface area contributed by atoms with Crippen LogP contribution in [0.3, 0.4) is 0 Å². The predicted molar refractivity (Wildman–Crippen MR) is 124 cm³/mol. The molecule has 0 bridgehead atoms. The first-order valence-electron chi connectivity index (χ1n) is 10.9. The number of anilines is 2. The highest BCUT2D eigenvalue weighted by Gasteiger charge is 2.33. The lowest BCUT2D eigenvalue weighted by atomic mass is 10.00. The first-order chi connectivity index (χ1) is 16.2. The van der Waals surface area contributed by atoms with Crippen LogP contribution < -0.4 is 16.0 Å². The Morgan fingerprint density at radius 2 is 1.91 bits per heavy atom. The average molecular weight is 467 g/mol. The number of nitrogens with one attached hydrogen (secondary N) is 1. The summed E-state index contributed by atoms with van der Waals surface area (Å²) >= 11 is 0. The van der Waals surface area contributed by atoms with E-state index in [1.165, 1.54) is 13.0 Å². The molecule has 4 aromatic rings. The van der Waals surface area contributed by atoms with E-state index in [2.05, 4.69) is 30.0 Å². The number of alkyl halides is 3. The van der Waals surface area contributed by atoms with Gasteiger partial charge in [-0.25, -0.2) is 4.98 Å². The third-order valence-corrected chi connectivity index (χ3v) is 6.40. The summed E-state index contributed by atoms with van der Waals surface area (Å²) in [7, 11) is 0. The zero-order chi connectivity index (χ0) is 24.0. The van der Waals surface area contributed by atoms with E-state index in [9.17, 15) is 13.2 Å². The molecule has 2 aromatic heterocycles. The molecule has 0 saturated heterocycles. The largest absolute Gasteiger partial charge is 0.416 e. The molecule has 0 amide bonds. The second-order valence-corrected chi connectivity index (χ2v) is 8.47. The molecular weight excluding hydrogens is 443 g/mol. The molecule has 0 unspecified atom stereocenters. The van der Waals surface area contributed by atoms with Gasteiger partial charge >= 0.3 is 6.18 Å². The maximum atomic E-state index is 13.3. The third kappa shape index (κ3) is 3.94. The summed E-state index contributed by atoms with van der Waals surface area (Å²) < 4.78 is 42.3. The van der Waals surface area contributed by atoms with E-state index in [-0.39, 0.29) is 5.56 Å². The molecule has 1 atom stereocenters. The summed E-state index contributed by atoms with van der Waals surface area (Å²) in [4.78, 5) is 6.66. The van der Waals surface area contributed by atoms with Crippen LogP contribution in [0.5, 0.6) is 0 Å². The smallest absolute Gasteiger partial charge is 0.364 e. The maximum Gasteiger partial charge on any atom is 0.416 e. The lowest BCUT2D eigenvalue weighted by Crippen LogP contribution is -2.33. The normalized spacial score (nSPS) is 14.8. The Balaban J connectivity index is 1.46. The minimum Gasteiger partial charge on any atom is -0.364 e. The molecule has 5 rings (SSSR count). The first-order valence-corrected chi connectivity index (χ1v) is 10.9. The molecule has 0 saturated carbocycles. The second kappa shape index (κ2) is 8.28. The zero-order valence-electron chi connectivity index (χ0n) is 18.8. The molecule has 0 aliphatic carbocycles. The minimum atomic E-state index is -4.45. The SMILES string of the molecule is Cc1c([C@@H](N)Nc2nncc3ccc(N4CCn5c(cnc5C)C4)cc23)cccc1C(F)(F)F. The van der Waals surface area contributed by atoms with Gasteiger partial charge in [0.1, 0.15) is 12.0 Å². The topological polar surface area (TPSA) is 84.9 Å². The summed E-state index contributed by atoms with van der Waals surface area (Å²) in [6.45, 7) is 5.84. The van der Waals surface area contributed by atoms with Crippen molar-refractivity contribution in [2.24, 2.45) is 5.73 Å². The lowest BCUT2D eigenvalue weighted by Gasteiger charge is -2.31. The van der Waals surface area contributed by atoms with Crippen molar-refractivity contribution in [2.75, 3.05) is 16.8 Å². The Kier molecular flexibility index (Phi) is 5.40.